The second-order valence-electron chi connectivity index (χ2n) is 4.39. The molecule has 1 aromatic rings. The van der Waals surface area contributed by atoms with Crippen molar-refractivity contribution >= 4 is 11.7 Å². The molecule has 1 aromatic carbocycles. The van der Waals surface area contributed by atoms with Crippen molar-refractivity contribution in [2.45, 2.75) is 12.2 Å². The third-order valence-corrected chi connectivity index (χ3v) is 3.35. The molecule has 0 radical (unpaired) electrons. The van der Waals surface area contributed by atoms with Crippen LogP contribution in [0.4, 0.5) is 10.1 Å². The van der Waals surface area contributed by atoms with E-state index in [1.807, 2.05) is 0 Å². The first-order valence-corrected chi connectivity index (χ1v) is 5.90. The van der Waals surface area contributed by atoms with Gasteiger partial charge in [-0.05, 0) is 12.1 Å². The minimum absolute atomic E-state index is 0.0494. The predicted octanol–water partition coefficient (Wildman–Crippen LogP) is 1.37. The topological polar surface area (TPSA) is 59.0 Å². The fraction of sp³-hybridized carbons (Fsp3) is 0.462. The Morgan fingerprint density at radius 3 is 2.37 bits per heavy atom. The predicted molar refractivity (Wildman–Crippen MR) is 67.2 cm³/mol. The van der Waals surface area contributed by atoms with E-state index in [4.69, 9.17) is 14.6 Å². The summed E-state index contributed by atoms with van der Waals surface area (Å²) in [6.07, 6.45) is -0.405. The van der Waals surface area contributed by atoms with Gasteiger partial charge in [0, 0.05) is 27.3 Å². The van der Waals surface area contributed by atoms with Gasteiger partial charge in [0.1, 0.15) is 18.0 Å². The molecule has 6 heteroatoms. The molecular formula is C13H16FNO4. The Morgan fingerprint density at radius 1 is 1.32 bits per heavy atom. The van der Waals surface area contributed by atoms with Crippen LogP contribution in [0, 0.1) is 5.82 Å². The summed E-state index contributed by atoms with van der Waals surface area (Å²) in [4.78, 5) is 12.8. The van der Waals surface area contributed by atoms with E-state index in [-0.39, 0.29) is 23.5 Å². The molecule has 0 aromatic heterocycles. The van der Waals surface area contributed by atoms with Gasteiger partial charge in [-0.1, -0.05) is 6.07 Å². The number of nitrogens with zero attached hydrogens (tertiary/aromatic N) is 1. The number of anilines is 1. The summed E-state index contributed by atoms with van der Waals surface area (Å²) in [6, 6.07) is 4.03. The number of aromatic carboxylic acids is 1. The Morgan fingerprint density at radius 2 is 1.89 bits per heavy atom. The largest absolute Gasteiger partial charge is 0.478 e. The van der Waals surface area contributed by atoms with Crippen LogP contribution in [0.5, 0.6) is 0 Å². The Kier molecular flexibility index (Phi) is 4.01. The second-order valence-corrected chi connectivity index (χ2v) is 4.39. The Balaban J connectivity index is 2.35. The number of carboxylic acids is 1. The summed E-state index contributed by atoms with van der Waals surface area (Å²) in [7, 11) is 3.11. The number of carboxylic acid groups (broad SMARTS) is 1. The van der Waals surface area contributed by atoms with Gasteiger partial charge in [-0.2, -0.15) is 0 Å². The normalized spacial score (nSPS) is 22.8. The lowest BCUT2D eigenvalue weighted by molar-refractivity contribution is -0.00461. The van der Waals surface area contributed by atoms with Crippen molar-refractivity contribution in [2.24, 2.45) is 0 Å². The minimum atomic E-state index is -1.15. The summed E-state index contributed by atoms with van der Waals surface area (Å²) >= 11 is 0. The number of ether oxygens (including phenoxy) is 2. The van der Waals surface area contributed by atoms with Gasteiger partial charge < -0.3 is 19.5 Å². The van der Waals surface area contributed by atoms with Crippen LogP contribution in [0.25, 0.3) is 0 Å². The molecule has 0 amide bonds. The Labute approximate surface area is 110 Å². The van der Waals surface area contributed by atoms with E-state index in [0.717, 1.165) is 0 Å². The van der Waals surface area contributed by atoms with E-state index < -0.39 is 11.8 Å². The highest BCUT2D eigenvalue weighted by molar-refractivity contribution is 5.94. The SMILES string of the molecule is COC1CN(c2c(F)cccc2C(=O)O)CC1OC. The summed E-state index contributed by atoms with van der Waals surface area (Å²) in [5.41, 5.74) is 0.0446. The molecule has 2 unspecified atom stereocenters. The third-order valence-electron chi connectivity index (χ3n) is 3.35. The molecule has 0 aliphatic carbocycles. The molecule has 1 aliphatic heterocycles. The molecule has 1 N–H and O–H groups in total. The van der Waals surface area contributed by atoms with Crippen LogP contribution < -0.4 is 4.90 Å². The second kappa shape index (κ2) is 5.54. The van der Waals surface area contributed by atoms with Gasteiger partial charge in [0.15, 0.2) is 0 Å². The molecular weight excluding hydrogens is 253 g/mol. The number of hydrogen-bond acceptors (Lipinski definition) is 4. The number of rotatable bonds is 4. The van der Waals surface area contributed by atoms with Crippen LogP contribution in [0.1, 0.15) is 10.4 Å². The first-order valence-electron chi connectivity index (χ1n) is 5.90. The molecule has 0 bridgehead atoms. The molecule has 19 heavy (non-hydrogen) atoms. The van der Waals surface area contributed by atoms with Crippen molar-refractivity contribution < 1.29 is 23.8 Å². The zero-order chi connectivity index (χ0) is 14.0. The maximum atomic E-state index is 13.9. The molecule has 1 fully saturated rings. The smallest absolute Gasteiger partial charge is 0.337 e. The molecule has 104 valence electrons. The summed E-state index contributed by atoms with van der Waals surface area (Å²) in [6.45, 7) is 0.798. The fourth-order valence-corrected chi connectivity index (χ4v) is 2.39. The van der Waals surface area contributed by atoms with Crippen LogP contribution in [0.15, 0.2) is 18.2 Å². The van der Waals surface area contributed by atoms with Crippen LogP contribution in [0.2, 0.25) is 0 Å². The molecule has 2 atom stereocenters. The van der Waals surface area contributed by atoms with Crippen LogP contribution in [-0.4, -0.2) is 50.6 Å². The molecule has 2 rings (SSSR count). The van der Waals surface area contributed by atoms with E-state index in [1.54, 1.807) is 19.1 Å². The first kappa shape index (κ1) is 13.8. The zero-order valence-corrected chi connectivity index (χ0v) is 10.8. The van der Waals surface area contributed by atoms with E-state index >= 15 is 0 Å². The van der Waals surface area contributed by atoms with Crippen LogP contribution in [0.3, 0.4) is 0 Å². The molecule has 0 saturated carbocycles. The average Bonchev–Trinajstić information content (AvgIpc) is 2.81. The van der Waals surface area contributed by atoms with Crippen molar-refractivity contribution in [2.75, 3.05) is 32.2 Å². The lowest BCUT2D eigenvalue weighted by Crippen LogP contribution is -2.27. The van der Waals surface area contributed by atoms with E-state index in [2.05, 4.69) is 0 Å². The molecule has 0 spiro atoms. The molecule has 1 saturated heterocycles. The number of para-hydroxylation sites is 1. The lowest BCUT2D eigenvalue weighted by Gasteiger charge is -2.20. The van der Waals surface area contributed by atoms with Gasteiger partial charge in [-0.3, -0.25) is 0 Å². The monoisotopic (exact) mass is 269 g/mol. The van der Waals surface area contributed by atoms with Gasteiger partial charge in [-0.25, -0.2) is 9.18 Å². The standard InChI is InChI=1S/C13H16FNO4/c1-18-10-6-15(7-11(10)19-2)12-8(13(16)17)4-3-5-9(12)14/h3-5,10-11H,6-7H2,1-2H3,(H,16,17). The summed E-state index contributed by atoms with van der Waals surface area (Å²) in [5, 5.41) is 9.14. The molecule has 1 aliphatic rings. The van der Waals surface area contributed by atoms with Gasteiger partial charge in [-0.15, -0.1) is 0 Å². The Bertz CT molecular complexity index is 468. The van der Waals surface area contributed by atoms with Crippen molar-refractivity contribution in [1.29, 1.82) is 0 Å². The quantitative estimate of drug-likeness (QED) is 0.894. The maximum absolute atomic E-state index is 13.9. The summed E-state index contributed by atoms with van der Waals surface area (Å²) < 4.78 is 24.5. The highest BCUT2D eigenvalue weighted by atomic mass is 19.1. The lowest BCUT2D eigenvalue weighted by atomic mass is 10.1. The van der Waals surface area contributed by atoms with E-state index in [0.29, 0.717) is 13.1 Å². The minimum Gasteiger partial charge on any atom is -0.478 e. The first-order chi connectivity index (χ1) is 9.08. The maximum Gasteiger partial charge on any atom is 0.337 e. The number of methoxy groups -OCH3 is 2. The van der Waals surface area contributed by atoms with Gasteiger partial charge >= 0.3 is 5.97 Å². The number of benzene rings is 1. The van der Waals surface area contributed by atoms with Gasteiger partial charge in [0.2, 0.25) is 0 Å². The molecule has 1 heterocycles. The van der Waals surface area contributed by atoms with Crippen LogP contribution >= 0.6 is 0 Å². The van der Waals surface area contributed by atoms with Crippen molar-refractivity contribution in [3.8, 4) is 0 Å². The number of carbonyl (C=O) groups is 1. The number of halogens is 1. The highest BCUT2D eigenvalue weighted by Crippen LogP contribution is 2.29. The average molecular weight is 269 g/mol. The van der Waals surface area contributed by atoms with Crippen molar-refractivity contribution in [3.63, 3.8) is 0 Å². The summed E-state index contributed by atoms with van der Waals surface area (Å²) in [5.74, 6) is -1.70. The van der Waals surface area contributed by atoms with Crippen molar-refractivity contribution in [1.82, 2.24) is 0 Å². The third kappa shape index (κ3) is 2.54. The van der Waals surface area contributed by atoms with Gasteiger partial charge in [0.25, 0.3) is 0 Å². The van der Waals surface area contributed by atoms with Crippen LogP contribution in [-0.2, 0) is 9.47 Å². The molecule has 5 nitrogen and oxygen atoms in total. The van der Waals surface area contributed by atoms with Gasteiger partial charge in [0.05, 0.1) is 11.3 Å². The fourth-order valence-electron chi connectivity index (χ4n) is 2.39. The number of hydrogen-bond donors (Lipinski definition) is 1. The zero-order valence-electron chi connectivity index (χ0n) is 10.8. The van der Waals surface area contributed by atoms with Crippen molar-refractivity contribution in [3.05, 3.63) is 29.6 Å². The highest BCUT2D eigenvalue weighted by Gasteiger charge is 2.35. The Hall–Kier alpha value is -1.66. The van der Waals surface area contributed by atoms with E-state index in [1.165, 1.54) is 18.2 Å². The van der Waals surface area contributed by atoms with E-state index in [9.17, 15) is 9.18 Å².